The van der Waals surface area contributed by atoms with Crippen molar-refractivity contribution in [3.63, 3.8) is 0 Å². The molecule has 34 heavy (non-hydrogen) atoms. The molecule has 6 N–H and O–H groups in total. The topological polar surface area (TPSA) is 111 Å². The maximum absolute atomic E-state index is 9.73. The molecular formula is C28H18N2O4. The zero-order valence-electron chi connectivity index (χ0n) is 17.8. The molecule has 0 saturated carbocycles. The van der Waals surface area contributed by atoms with E-state index in [2.05, 4.69) is 17.8 Å². The molecule has 0 aliphatic heterocycles. The lowest BCUT2D eigenvalue weighted by atomic mass is 9.97. The fourth-order valence-electron chi connectivity index (χ4n) is 3.43. The van der Waals surface area contributed by atoms with Crippen molar-refractivity contribution in [2.75, 3.05) is 11.5 Å². The van der Waals surface area contributed by atoms with Gasteiger partial charge in [-0.05, 0) is 42.5 Å². The highest BCUT2D eigenvalue weighted by Gasteiger charge is 2.19. The summed E-state index contributed by atoms with van der Waals surface area (Å²) in [7, 11) is 0. The summed E-state index contributed by atoms with van der Waals surface area (Å²) in [5.41, 5.74) is 13.2. The van der Waals surface area contributed by atoms with Crippen molar-refractivity contribution in [2.24, 2.45) is 0 Å². The molecule has 6 heteroatoms. The summed E-state index contributed by atoms with van der Waals surface area (Å²) < 4.78 is 12.2. The Morgan fingerprint density at radius 1 is 0.676 bits per heavy atom. The van der Waals surface area contributed by atoms with Gasteiger partial charge in [0.05, 0.1) is 16.9 Å². The first kappa shape index (κ1) is 21.8. The highest BCUT2D eigenvalue weighted by atomic mass is 16.5. The maximum atomic E-state index is 9.73. The van der Waals surface area contributed by atoms with Crippen LogP contribution in [-0.4, -0.2) is 10.2 Å². The van der Waals surface area contributed by atoms with Crippen LogP contribution in [0, 0.1) is 37.0 Å². The Morgan fingerprint density at radius 2 is 1.26 bits per heavy atom. The van der Waals surface area contributed by atoms with E-state index < -0.39 is 0 Å². The Bertz CT molecular complexity index is 1580. The zero-order chi connectivity index (χ0) is 24.4. The Morgan fingerprint density at radius 3 is 1.79 bits per heavy atom. The van der Waals surface area contributed by atoms with E-state index in [1.807, 2.05) is 0 Å². The summed E-state index contributed by atoms with van der Waals surface area (Å²) in [6.07, 6.45) is 17.3. The SMILES string of the molecule is C#Cc1cc(Oc2ccc(O)c(N)c2)c2c(C#C)cc(C#C)c(Oc3ccc(O)c(N)c3)c2c1. The van der Waals surface area contributed by atoms with Crippen LogP contribution in [0.15, 0.2) is 54.6 Å². The zero-order valence-corrected chi connectivity index (χ0v) is 17.8. The number of phenolic OH excluding ortho intramolecular Hbond substituents is 2. The molecular weight excluding hydrogens is 428 g/mol. The number of benzene rings is 4. The van der Waals surface area contributed by atoms with Crippen molar-refractivity contribution < 1.29 is 19.7 Å². The molecule has 164 valence electrons. The van der Waals surface area contributed by atoms with E-state index >= 15 is 0 Å². The van der Waals surface area contributed by atoms with Crippen LogP contribution < -0.4 is 20.9 Å². The third-order valence-electron chi connectivity index (χ3n) is 5.07. The molecule has 4 aromatic carbocycles. The van der Waals surface area contributed by atoms with Crippen molar-refractivity contribution in [3.8, 4) is 71.5 Å². The molecule has 0 amide bonds. The largest absolute Gasteiger partial charge is 0.506 e. The quantitative estimate of drug-likeness (QED) is 0.201. The van der Waals surface area contributed by atoms with Crippen molar-refractivity contribution in [1.29, 1.82) is 0 Å². The fourth-order valence-corrected chi connectivity index (χ4v) is 3.43. The van der Waals surface area contributed by atoms with E-state index in [-0.39, 0.29) is 22.9 Å². The van der Waals surface area contributed by atoms with Gasteiger partial charge in [0, 0.05) is 34.0 Å². The van der Waals surface area contributed by atoms with Gasteiger partial charge in [-0.1, -0.05) is 17.8 Å². The first-order valence-electron chi connectivity index (χ1n) is 9.92. The lowest BCUT2D eigenvalue weighted by molar-refractivity contribution is 0.466. The minimum atomic E-state index is -0.0736. The van der Waals surface area contributed by atoms with Crippen LogP contribution in [-0.2, 0) is 0 Å². The number of aromatic hydroxyl groups is 2. The standard InChI is InChI=1S/C28H18N2O4/c1-4-16-11-21-27(26(12-16)33-19-7-9-24(31)22(29)14-19)17(5-2)13-18(6-3)28(21)34-20-8-10-25(32)23(30)15-20/h1-3,7-15,31-32H,29-30H2. The number of fused-ring (bicyclic) bond motifs is 1. The Hall–Kier alpha value is -5.38. The Labute approximate surface area is 196 Å². The molecule has 0 saturated heterocycles. The van der Waals surface area contributed by atoms with Gasteiger partial charge in [0.1, 0.15) is 28.7 Å². The number of phenols is 2. The second-order valence-corrected chi connectivity index (χ2v) is 7.28. The summed E-state index contributed by atoms with van der Waals surface area (Å²) >= 11 is 0. The first-order valence-corrected chi connectivity index (χ1v) is 9.92. The van der Waals surface area contributed by atoms with E-state index in [0.717, 1.165) is 0 Å². The van der Waals surface area contributed by atoms with E-state index in [0.29, 0.717) is 50.5 Å². The number of rotatable bonds is 4. The summed E-state index contributed by atoms with van der Waals surface area (Å²) in [5, 5.41) is 20.5. The first-order chi connectivity index (χ1) is 16.3. The van der Waals surface area contributed by atoms with Gasteiger partial charge in [-0.3, -0.25) is 0 Å². The minimum absolute atomic E-state index is 0.0681. The molecule has 0 aliphatic rings. The van der Waals surface area contributed by atoms with Gasteiger partial charge in [-0.15, -0.1) is 19.3 Å². The Kier molecular flexibility index (Phi) is 5.54. The molecule has 0 atom stereocenters. The molecule has 4 rings (SSSR count). The van der Waals surface area contributed by atoms with Gasteiger partial charge in [0.25, 0.3) is 0 Å². The van der Waals surface area contributed by atoms with E-state index in [9.17, 15) is 10.2 Å². The van der Waals surface area contributed by atoms with Gasteiger partial charge in [-0.2, -0.15) is 0 Å². The summed E-state index contributed by atoms with van der Waals surface area (Å²) in [6.45, 7) is 0. The van der Waals surface area contributed by atoms with Crippen LogP contribution in [0.2, 0.25) is 0 Å². The average Bonchev–Trinajstić information content (AvgIpc) is 2.83. The second kappa shape index (κ2) is 8.63. The lowest BCUT2D eigenvalue weighted by Crippen LogP contribution is -1.97. The van der Waals surface area contributed by atoms with Crippen LogP contribution in [0.4, 0.5) is 11.4 Å². The maximum Gasteiger partial charge on any atom is 0.151 e. The van der Waals surface area contributed by atoms with Crippen molar-refractivity contribution in [1.82, 2.24) is 0 Å². The van der Waals surface area contributed by atoms with Crippen LogP contribution in [0.3, 0.4) is 0 Å². The lowest BCUT2D eigenvalue weighted by Gasteiger charge is -2.17. The highest BCUT2D eigenvalue weighted by molar-refractivity contribution is 6.00. The third kappa shape index (κ3) is 3.94. The van der Waals surface area contributed by atoms with Gasteiger partial charge in [0.15, 0.2) is 5.75 Å². The summed E-state index contributed by atoms with van der Waals surface area (Å²) in [5.74, 6) is 9.05. The van der Waals surface area contributed by atoms with Crippen molar-refractivity contribution in [2.45, 2.75) is 0 Å². The van der Waals surface area contributed by atoms with Gasteiger partial charge in [0.2, 0.25) is 0 Å². The average molecular weight is 446 g/mol. The molecule has 6 nitrogen and oxygen atoms in total. The number of hydrogen-bond donors (Lipinski definition) is 4. The van der Waals surface area contributed by atoms with Gasteiger partial charge >= 0.3 is 0 Å². The van der Waals surface area contributed by atoms with Crippen LogP contribution >= 0.6 is 0 Å². The minimum Gasteiger partial charge on any atom is -0.506 e. The molecule has 0 heterocycles. The summed E-state index contributed by atoms with van der Waals surface area (Å²) in [4.78, 5) is 0. The third-order valence-corrected chi connectivity index (χ3v) is 5.07. The smallest absolute Gasteiger partial charge is 0.151 e. The molecule has 0 aliphatic carbocycles. The van der Waals surface area contributed by atoms with Crippen LogP contribution in [0.5, 0.6) is 34.5 Å². The normalized spacial score (nSPS) is 10.1. The highest BCUT2D eigenvalue weighted by Crippen LogP contribution is 2.43. The van der Waals surface area contributed by atoms with Crippen LogP contribution in [0.1, 0.15) is 16.7 Å². The van der Waals surface area contributed by atoms with Crippen molar-refractivity contribution >= 4 is 22.1 Å². The fraction of sp³-hybridized carbons (Fsp3) is 0. The number of nitrogen functional groups attached to an aromatic ring is 2. The molecule has 0 radical (unpaired) electrons. The second-order valence-electron chi connectivity index (χ2n) is 7.28. The molecule has 4 aromatic rings. The predicted octanol–water partition coefficient (Wildman–Crippen LogP) is 4.94. The Balaban J connectivity index is 1.98. The number of anilines is 2. The molecule has 0 fully saturated rings. The van der Waals surface area contributed by atoms with E-state index in [1.165, 1.54) is 24.3 Å². The van der Waals surface area contributed by atoms with E-state index in [4.69, 9.17) is 40.2 Å². The number of terminal acetylenes is 3. The van der Waals surface area contributed by atoms with Crippen molar-refractivity contribution in [3.05, 3.63) is 71.3 Å². The van der Waals surface area contributed by atoms with E-state index in [1.54, 1.807) is 30.3 Å². The number of ether oxygens (including phenoxy) is 2. The summed E-state index contributed by atoms with van der Waals surface area (Å²) in [6, 6.07) is 13.9. The molecule has 0 spiro atoms. The van der Waals surface area contributed by atoms with Gasteiger partial charge in [-0.25, -0.2) is 0 Å². The van der Waals surface area contributed by atoms with Gasteiger partial charge < -0.3 is 31.2 Å². The predicted molar refractivity (Wildman–Crippen MR) is 133 cm³/mol. The monoisotopic (exact) mass is 446 g/mol. The molecule has 0 unspecified atom stereocenters. The number of hydrogen-bond acceptors (Lipinski definition) is 6. The van der Waals surface area contributed by atoms with Crippen LogP contribution in [0.25, 0.3) is 10.8 Å². The number of nitrogens with two attached hydrogens (primary N) is 2. The molecule has 0 bridgehead atoms. The molecule has 0 aromatic heterocycles.